The first-order valence-electron chi connectivity index (χ1n) is 11.4. The zero-order valence-electron chi connectivity index (χ0n) is 19.3. The van der Waals surface area contributed by atoms with Crippen LogP contribution in [-0.2, 0) is 26.4 Å². The first kappa shape index (κ1) is 23.0. The molecule has 10 heteroatoms. The van der Waals surface area contributed by atoms with E-state index in [0.29, 0.717) is 36.5 Å². The average Bonchev–Trinajstić information content (AvgIpc) is 3.15. The molecule has 0 bridgehead atoms. The molecule has 3 aromatic rings. The molecule has 0 N–H and O–H groups in total. The topological polar surface area (TPSA) is 81.7 Å². The minimum atomic E-state index is -2.70. The molecule has 3 aromatic heterocycles. The highest BCUT2D eigenvalue weighted by atomic mass is 19.3. The normalized spacial score (nSPS) is 15.7. The quantitative estimate of drug-likeness (QED) is 0.542. The molecule has 0 aromatic carbocycles. The monoisotopic (exact) mass is 457 g/mol. The van der Waals surface area contributed by atoms with Crippen molar-refractivity contribution in [3.05, 3.63) is 52.2 Å². The largest absolute Gasteiger partial charge is 0.363 e. The molecule has 0 unspecified atom stereocenters. The van der Waals surface area contributed by atoms with Gasteiger partial charge in [-0.1, -0.05) is 20.3 Å². The Bertz CT molecular complexity index is 1190. The van der Waals surface area contributed by atoms with Crippen LogP contribution in [-0.4, -0.2) is 48.3 Å². The minimum Gasteiger partial charge on any atom is -0.363 e. The third-order valence-corrected chi connectivity index (χ3v) is 5.98. The van der Waals surface area contributed by atoms with Crippen LogP contribution in [0.3, 0.4) is 0 Å². The van der Waals surface area contributed by atoms with Crippen molar-refractivity contribution < 1.29 is 8.78 Å². The smallest absolute Gasteiger partial charge is 0.347 e. The molecule has 0 radical (unpaired) electrons. The molecule has 0 aliphatic carbocycles. The fourth-order valence-electron chi connectivity index (χ4n) is 4.27. The number of hydrogen-bond donors (Lipinski definition) is 0. The van der Waals surface area contributed by atoms with Crippen molar-refractivity contribution in [1.82, 2.24) is 29.3 Å². The summed E-state index contributed by atoms with van der Waals surface area (Å²) in [7, 11) is 1.80. The summed E-state index contributed by atoms with van der Waals surface area (Å²) in [5.41, 5.74) is 3.50. The molecule has 1 aliphatic rings. The second-order valence-electron chi connectivity index (χ2n) is 8.51. The van der Waals surface area contributed by atoms with Crippen LogP contribution in [0.25, 0.3) is 11.4 Å². The number of aromatic nitrogens is 6. The summed E-state index contributed by atoms with van der Waals surface area (Å²) < 4.78 is 31.2. The van der Waals surface area contributed by atoms with Gasteiger partial charge in [0.25, 0.3) is 5.92 Å². The molecule has 0 spiro atoms. The predicted octanol–water partition coefficient (Wildman–Crippen LogP) is 3.23. The maximum absolute atomic E-state index is 14.0. The highest BCUT2D eigenvalue weighted by molar-refractivity contribution is 5.61. The van der Waals surface area contributed by atoms with Gasteiger partial charge in [-0.25, -0.2) is 28.5 Å². The molecular weight excluding hydrogens is 428 g/mol. The number of nitrogens with zero attached hydrogens (tertiary/aromatic N) is 7. The second kappa shape index (κ2) is 9.36. The van der Waals surface area contributed by atoms with Gasteiger partial charge >= 0.3 is 5.69 Å². The van der Waals surface area contributed by atoms with Gasteiger partial charge in [0.2, 0.25) is 0 Å². The van der Waals surface area contributed by atoms with Gasteiger partial charge in [-0.15, -0.1) is 0 Å². The Morgan fingerprint density at radius 3 is 2.70 bits per heavy atom. The maximum atomic E-state index is 14.0. The summed E-state index contributed by atoms with van der Waals surface area (Å²) >= 11 is 0. The number of hydrogen-bond acceptors (Lipinski definition) is 6. The van der Waals surface area contributed by atoms with Gasteiger partial charge in [0.1, 0.15) is 0 Å². The highest BCUT2D eigenvalue weighted by Gasteiger charge is 2.36. The van der Waals surface area contributed by atoms with Crippen LogP contribution < -0.4 is 10.6 Å². The van der Waals surface area contributed by atoms with E-state index in [1.165, 1.54) is 0 Å². The van der Waals surface area contributed by atoms with Gasteiger partial charge in [-0.2, -0.15) is 5.10 Å². The Morgan fingerprint density at radius 2 is 1.97 bits per heavy atom. The molecular formula is C23H29F2N7O. The van der Waals surface area contributed by atoms with Gasteiger partial charge in [0.05, 0.1) is 48.1 Å². The van der Waals surface area contributed by atoms with E-state index in [9.17, 15) is 13.6 Å². The fraction of sp³-hybridized carbons (Fsp3) is 0.522. The van der Waals surface area contributed by atoms with E-state index < -0.39 is 5.92 Å². The summed E-state index contributed by atoms with van der Waals surface area (Å²) in [5.74, 6) is -2.24. The van der Waals surface area contributed by atoms with Gasteiger partial charge in [0, 0.05) is 32.4 Å². The van der Waals surface area contributed by atoms with Crippen LogP contribution in [0.15, 0.2) is 29.6 Å². The number of alkyl halides is 2. The zero-order valence-corrected chi connectivity index (χ0v) is 19.3. The summed E-state index contributed by atoms with van der Waals surface area (Å²) in [4.78, 5) is 27.3. The summed E-state index contributed by atoms with van der Waals surface area (Å²) in [5, 5.41) is 4.36. The molecule has 4 heterocycles. The number of aryl methyl sites for hydroxylation is 3. The van der Waals surface area contributed by atoms with Crippen molar-refractivity contribution in [1.29, 1.82) is 0 Å². The number of halogens is 2. The molecule has 1 saturated heterocycles. The Balaban J connectivity index is 1.67. The van der Waals surface area contributed by atoms with Crippen LogP contribution in [0.1, 0.15) is 50.1 Å². The van der Waals surface area contributed by atoms with Crippen LogP contribution in [0.2, 0.25) is 0 Å². The average molecular weight is 458 g/mol. The van der Waals surface area contributed by atoms with Gasteiger partial charge in [0.15, 0.2) is 5.82 Å². The lowest BCUT2D eigenvalue weighted by molar-refractivity contribution is -0.0117. The van der Waals surface area contributed by atoms with E-state index in [-0.39, 0.29) is 25.2 Å². The molecule has 1 fully saturated rings. The fourth-order valence-corrected chi connectivity index (χ4v) is 4.27. The lowest BCUT2D eigenvalue weighted by Crippen LogP contribution is -2.43. The Kier molecular flexibility index (Phi) is 6.53. The zero-order chi connectivity index (χ0) is 23.6. The van der Waals surface area contributed by atoms with Gasteiger partial charge in [-0.05, 0) is 24.8 Å². The number of anilines is 1. The number of rotatable bonds is 7. The van der Waals surface area contributed by atoms with Crippen molar-refractivity contribution in [3.8, 4) is 11.4 Å². The van der Waals surface area contributed by atoms with E-state index in [1.807, 2.05) is 13.1 Å². The van der Waals surface area contributed by atoms with E-state index >= 15 is 0 Å². The molecule has 4 rings (SSSR count). The molecule has 176 valence electrons. The van der Waals surface area contributed by atoms with E-state index in [1.54, 1.807) is 39.8 Å². The molecule has 0 atom stereocenters. The van der Waals surface area contributed by atoms with Crippen molar-refractivity contribution >= 4 is 5.69 Å². The third kappa shape index (κ3) is 4.94. The first-order chi connectivity index (χ1) is 15.8. The molecule has 0 saturated carbocycles. The first-order valence-corrected chi connectivity index (χ1v) is 11.4. The second-order valence-corrected chi connectivity index (χ2v) is 8.51. The standard InChI is InChI=1S/C23H29F2N7O/c1-4-7-16-10-27-22(33)32(13-16)14-20-17(11-28-30(20)3)21-26-12-19(18(5-2)29-21)31-9-6-8-23(24,25)15-31/h10-13H,4-9,14-15H2,1-3H3. The van der Waals surface area contributed by atoms with Gasteiger partial charge < -0.3 is 4.90 Å². The van der Waals surface area contributed by atoms with Crippen LogP contribution in [0.4, 0.5) is 14.5 Å². The Labute approximate surface area is 191 Å². The van der Waals surface area contributed by atoms with Crippen molar-refractivity contribution in [2.45, 2.75) is 58.4 Å². The third-order valence-electron chi connectivity index (χ3n) is 5.98. The Morgan fingerprint density at radius 1 is 1.15 bits per heavy atom. The molecule has 1 aliphatic heterocycles. The summed E-state index contributed by atoms with van der Waals surface area (Å²) in [6.45, 7) is 4.55. The van der Waals surface area contributed by atoms with Crippen LogP contribution in [0.5, 0.6) is 0 Å². The lowest BCUT2D eigenvalue weighted by atomic mass is 10.1. The lowest BCUT2D eigenvalue weighted by Gasteiger charge is -2.34. The van der Waals surface area contributed by atoms with Crippen molar-refractivity contribution in [3.63, 3.8) is 0 Å². The molecule has 8 nitrogen and oxygen atoms in total. The predicted molar refractivity (Wildman–Crippen MR) is 122 cm³/mol. The SMILES string of the molecule is CCCc1cnc(=O)n(Cc2c(-c3ncc(N4CCCC(F)(F)C4)c(CC)n3)cnn2C)c1. The highest BCUT2D eigenvalue weighted by Crippen LogP contribution is 2.32. The number of piperidine rings is 1. The van der Waals surface area contributed by atoms with Gasteiger partial charge in [-0.3, -0.25) is 9.25 Å². The van der Waals surface area contributed by atoms with Crippen LogP contribution in [0, 0.1) is 0 Å². The van der Waals surface area contributed by atoms with Crippen molar-refractivity contribution in [2.75, 3.05) is 18.0 Å². The van der Waals surface area contributed by atoms with E-state index in [4.69, 9.17) is 4.98 Å². The van der Waals surface area contributed by atoms with Crippen LogP contribution >= 0.6 is 0 Å². The van der Waals surface area contributed by atoms with E-state index in [0.717, 1.165) is 29.8 Å². The Hall–Kier alpha value is -3.17. The van der Waals surface area contributed by atoms with Crippen molar-refractivity contribution in [2.24, 2.45) is 7.05 Å². The molecule has 0 amide bonds. The maximum Gasteiger partial charge on any atom is 0.347 e. The van der Waals surface area contributed by atoms with E-state index in [2.05, 4.69) is 22.0 Å². The molecule has 33 heavy (non-hydrogen) atoms. The summed E-state index contributed by atoms with van der Waals surface area (Å²) in [6.07, 6.45) is 9.49. The minimum absolute atomic E-state index is 0.0867. The summed E-state index contributed by atoms with van der Waals surface area (Å²) in [6, 6.07) is 0.